The Morgan fingerprint density at radius 3 is 1.47 bits per heavy atom. The lowest BCUT2D eigenvalue weighted by Gasteiger charge is -2.12. The fourth-order valence-corrected chi connectivity index (χ4v) is 2.38. The number of esters is 1. The molecule has 1 aromatic rings. The van der Waals surface area contributed by atoms with Gasteiger partial charge in [-0.2, -0.15) is 0 Å². The number of rotatable bonds is 19. The number of hydrogen-bond donors (Lipinski definition) is 0. The molecule has 0 bridgehead atoms. The van der Waals surface area contributed by atoms with Gasteiger partial charge in [-0.3, -0.25) is 0 Å². The van der Waals surface area contributed by atoms with E-state index in [1.165, 1.54) is 7.11 Å². The Kier molecular flexibility index (Phi) is 16.5. The molecular formula is C20H30Cl2O8. The number of hydrogen-bond acceptors (Lipinski definition) is 8. The number of ether oxygens (including phenoxy) is 7. The summed E-state index contributed by atoms with van der Waals surface area (Å²) >= 11 is 11.0. The topological polar surface area (TPSA) is 81.7 Å². The van der Waals surface area contributed by atoms with E-state index in [1.807, 2.05) is 0 Å². The van der Waals surface area contributed by atoms with E-state index in [1.54, 1.807) is 18.2 Å². The van der Waals surface area contributed by atoms with Crippen molar-refractivity contribution in [2.24, 2.45) is 0 Å². The molecule has 0 amide bonds. The first kappa shape index (κ1) is 26.7. The summed E-state index contributed by atoms with van der Waals surface area (Å²) in [5, 5.41) is 0. The average Bonchev–Trinajstić information content (AvgIpc) is 2.76. The molecule has 8 nitrogen and oxygen atoms in total. The van der Waals surface area contributed by atoms with Crippen LogP contribution in [0.2, 0.25) is 0 Å². The second-order valence-corrected chi connectivity index (χ2v) is 6.46. The van der Waals surface area contributed by atoms with Crippen LogP contribution in [-0.4, -0.2) is 90.9 Å². The summed E-state index contributed by atoms with van der Waals surface area (Å²) in [4.78, 5) is 11.9. The maximum atomic E-state index is 11.9. The van der Waals surface area contributed by atoms with Gasteiger partial charge in [0.05, 0.1) is 65.5 Å². The van der Waals surface area contributed by atoms with Gasteiger partial charge in [-0.05, 0) is 12.1 Å². The fraction of sp³-hybridized carbons (Fsp3) is 0.650. The number of alkyl halides is 2. The summed E-state index contributed by atoms with van der Waals surface area (Å²) in [6, 6.07) is 4.87. The van der Waals surface area contributed by atoms with Gasteiger partial charge >= 0.3 is 5.97 Å². The predicted molar refractivity (Wildman–Crippen MR) is 113 cm³/mol. The molecule has 0 saturated carbocycles. The van der Waals surface area contributed by atoms with Crippen molar-refractivity contribution in [3.05, 3.63) is 23.8 Å². The molecule has 0 atom stereocenters. The van der Waals surface area contributed by atoms with Crippen LogP contribution in [-0.2, 0) is 23.7 Å². The summed E-state index contributed by atoms with van der Waals surface area (Å²) in [6.07, 6.45) is 0. The Hall–Kier alpha value is -1.29. The van der Waals surface area contributed by atoms with E-state index >= 15 is 0 Å². The van der Waals surface area contributed by atoms with Gasteiger partial charge in [-0.15, -0.1) is 23.2 Å². The second kappa shape index (κ2) is 18.5. The average molecular weight is 469 g/mol. The van der Waals surface area contributed by atoms with Crippen LogP contribution >= 0.6 is 23.2 Å². The van der Waals surface area contributed by atoms with E-state index < -0.39 is 5.97 Å². The van der Waals surface area contributed by atoms with Gasteiger partial charge in [0.2, 0.25) is 0 Å². The van der Waals surface area contributed by atoms with Crippen LogP contribution in [0.3, 0.4) is 0 Å². The highest BCUT2D eigenvalue weighted by molar-refractivity contribution is 6.18. The van der Waals surface area contributed by atoms with Gasteiger partial charge in [0.15, 0.2) is 0 Å². The van der Waals surface area contributed by atoms with Crippen LogP contribution < -0.4 is 9.47 Å². The monoisotopic (exact) mass is 468 g/mol. The molecule has 0 aromatic heterocycles. The normalized spacial score (nSPS) is 10.8. The molecule has 0 N–H and O–H groups in total. The zero-order chi connectivity index (χ0) is 21.9. The van der Waals surface area contributed by atoms with Crippen LogP contribution in [0.5, 0.6) is 11.5 Å². The first-order valence-corrected chi connectivity index (χ1v) is 10.7. The molecule has 0 aliphatic rings. The SMILES string of the molecule is COC(=O)c1cc(OCCOCCOCCCl)cc(OCCOCCOCCCl)c1. The minimum atomic E-state index is -0.481. The van der Waals surface area contributed by atoms with Crippen molar-refractivity contribution in [3.63, 3.8) is 0 Å². The summed E-state index contributed by atoms with van der Waals surface area (Å²) in [5.41, 5.74) is 0.329. The van der Waals surface area contributed by atoms with Gasteiger partial charge in [0, 0.05) is 17.8 Å². The smallest absolute Gasteiger partial charge is 0.338 e. The van der Waals surface area contributed by atoms with Crippen LogP contribution in [0, 0.1) is 0 Å². The van der Waals surface area contributed by atoms with E-state index in [9.17, 15) is 4.79 Å². The van der Waals surface area contributed by atoms with Crippen LogP contribution in [0.25, 0.3) is 0 Å². The van der Waals surface area contributed by atoms with Crippen molar-refractivity contribution in [2.75, 3.05) is 84.9 Å². The van der Waals surface area contributed by atoms with Crippen molar-refractivity contribution in [3.8, 4) is 11.5 Å². The van der Waals surface area contributed by atoms with Crippen LogP contribution in [0.1, 0.15) is 10.4 Å². The molecule has 0 heterocycles. The molecule has 0 aliphatic carbocycles. The lowest BCUT2D eigenvalue weighted by molar-refractivity contribution is 0.0400. The quantitative estimate of drug-likeness (QED) is 0.174. The van der Waals surface area contributed by atoms with Gasteiger partial charge in [0.1, 0.15) is 24.7 Å². The minimum Gasteiger partial charge on any atom is -0.491 e. The molecule has 0 aliphatic heterocycles. The lowest BCUT2D eigenvalue weighted by Crippen LogP contribution is -2.13. The van der Waals surface area contributed by atoms with E-state index in [2.05, 4.69) is 0 Å². The summed E-state index contributed by atoms with van der Waals surface area (Å²) in [5.74, 6) is 1.39. The van der Waals surface area contributed by atoms with Crippen molar-refractivity contribution < 1.29 is 38.0 Å². The molecule has 1 aromatic carbocycles. The van der Waals surface area contributed by atoms with Crippen molar-refractivity contribution in [1.82, 2.24) is 0 Å². The van der Waals surface area contributed by atoms with Crippen molar-refractivity contribution in [1.29, 1.82) is 0 Å². The number of halogens is 2. The Bertz CT molecular complexity index is 535. The van der Waals surface area contributed by atoms with Gasteiger partial charge < -0.3 is 33.2 Å². The van der Waals surface area contributed by atoms with Gasteiger partial charge in [-0.25, -0.2) is 4.79 Å². The highest BCUT2D eigenvalue weighted by Gasteiger charge is 2.11. The predicted octanol–water partition coefficient (Wildman–Crippen LogP) is 2.77. The molecule has 0 saturated heterocycles. The molecule has 1 rings (SSSR count). The highest BCUT2D eigenvalue weighted by atomic mass is 35.5. The zero-order valence-corrected chi connectivity index (χ0v) is 18.8. The molecule has 0 radical (unpaired) electrons. The third-order valence-corrected chi connectivity index (χ3v) is 3.79. The van der Waals surface area contributed by atoms with E-state index in [4.69, 9.17) is 56.4 Å². The summed E-state index contributed by atoms with van der Waals surface area (Å²) in [6.45, 7) is 4.23. The maximum Gasteiger partial charge on any atom is 0.338 e. The summed E-state index contributed by atoms with van der Waals surface area (Å²) < 4.78 is 37.3. The van der Waals surface area contributed by atoms with Crippen LogP contribution in [0.15, 0.2) is 18.2 Å². The molecule has 10 heteroatoms. The lowest BCUT2D eigenvalue weighted by atomic mass is 10.2. The first-order valence-electron chi connectivity index (χ1n) is 9.63. The van der Waals surface area contributed by atoms with Crippen molar-refractivity contribution in [2.45, 2.75) is 0 Å². The largest absolute Gasteiger partial charge is 0.491 e. The molecular weight excluding hydrogens is 439 g/mol. The number of carbonyl (C=O) groups excluding carboxylic acids is 1. The Balaban J connectivity index is 2.39. The Morgan fingerprint density at radius 2 is 1.07 bits per heavy atom. The summed E-state index contributed by atoms with van der Waals surface area (Å²) in [7, 11) is 1.32. The molecule has 0 spiro atoms. The molecule has 30 heavy (non-hydrogen) atoms. The number of carbonyl (C=O) groups is 1. The van der Waals surface area contributed by atoms with E-state index in [-0.39, 0.29) is 0 Å². The Morgan fingerprint density at radius 1 is 0.667 bits per heavy atom. The van der Waals surface area contributed by atoms with Crippen molar-refractivity contribution >= 4 is 29.2 Å². The highest BCUT2D eigenvalue weighted by Crippen LogP contribution is 2.23. The van der Waals surface area contributed by atoms with Gasteiger partial charge in [-0.1, -0.05) is 0 Å². The minimum absolute atomic E-state index is 0.311. The number of methoxy groups -OCH3 is 1. The van der Waals surface area contributed by atoms with Gasteiger partial charge in [0.25, 0.3) is 0 Å². The maximum absolute atomic E-state index is 11.9. The zero-order valence-electron chi connectivity index (χ0n) is 17.2. The fourth-order valence-electron chi connectivity index (χ4n) is 2.16. The van der Waals surface area contributed by atoms with E-state index in [0.29, 0.717) is 94.9 Å². The molecule has 172 valence electrons. The Labute approximate surface area is 187 Å². The molecule has 0 fully saturated rings. The van der Waals surface area contributed by atoms with E-state index in [0.717, 1.165) is 0 Å². The third-order valence-electron chi connectivity index (χ3n) is 3.48. The first-order chi connectivity index (χ1) is 14.7. The second-order valence-electron chi connectivity index (χ2n) is 5.71. The van der Waals surface area contributed by atoms with Crippen LogP contribution in [0.4, 0.5) is 0 Å². The molecule has 0 unspecified atom stereocenters. The third kappa shape index (κ3) is 13.1. The number of benzene rings is 1. The standard InChI is InChI=1S/C20H30Cl2O8/c1-24-20(23)17-14-18(29-12-10-27-8-6-25-4-2-21)16-19(15-17)30-13-11-28-9-7-26-5-3-22/h14-16H,2-13H2,1H3.